The highest BCUT2D eigenvalue weighted by Crippen LogP contribution is 2.28. The van der Waals surface area contributed by atoms with Crippen molar-refractivity contribution in [3.8, 4) is 5.75 Å². The maximum atomic E-state index is 12.0. The van der Waals surface area contributed by atoms with Crippen LogP contribution in [0.1, 0.15) is 20.1 Å². The smallest absolute Gasteiger partial charge is 0.265 e. The Morgan fingerprint density at radius 2 is 2.06 bits per heavy atom. The number of anilines is 1. The number of aromatic hydroxyl groups is 1. The molecule has 2 N–H and O–H groups in total. The molecule has 94 valence electrons. The third-order valence-corrected chi connectivity index (χ3v) is 3.98. The number of phenolic OH excluding ortho intramolecular Hbond substituents is 1. The van der Waals surface area contributed by atoms with E-state index in [2.05, 4.69) is 5.32 Å². The number of halogens is 1. The summed E-state index contributed by atoms with van der Waals surface area (Å²) in [5.74, 6) is -0.244. The first-order valence-corrected chi connectivity index (χ1v) is 6.53. The molecule has 0 radical (unpaired) electrons. The summed E-state index contributed by atoms with van der Waals surface area (Å²) in [4.78, 5) is 13.7. The van der Waals surface area contributed by atoms with Crippen molar-refractivity contribution in [2.24, 2.45) is 0 Å². The van der Waals surface area contributed by atoms with Crippen molar-refractivity contribution >= 4 is 34.5 Å². The summed E-state index contributed by atoms with van der Waals surface area (Å²) in [6, 6.07) is 6.36. The number of benzene rings is 1. The lowest BCUT2D eigenvalue weighted by Gasteiger charge is -2.06. The molecular formula is C13H12ClNO2S. The second-order valence-corrected chi connectivity index (χ2v) is 5.66. The molecule has 18 heavy (non-hydrogen) atoms. The number of hydrogen-bond donors (Lipinski definition) is 2. The van der Waals surface area contributed by atoms with Gasteiger partial charge in [-0.1, -0.05) is 11.6 Å². The third kappa shape index (κ3) is 2.66. The van der Waals surface area contributed by atoms with E-state index in [1.54, 1.807) is 6.07 Å². The minimum atomic E-state index is -0.242. The van der Waals surface area contributed by atoms with Crippen LogP contribution in [-0.4, -0.2) is 11.0 Å². The molecule has 5 heteroatoms. The van der Waals surface area contributed by atoms with Crippen LogP contribution in [0.3, 0.4) is 0 Å². The van der Waals surface area contributed by atoms with Crippen LogP contribution in [-0.2, 0) is 0 Å². The van der Waals surface area contributed by atoms with Crippen LogP contribution in [0.15, 0.2) is 24.3 Å². The number of hydrogen-bond acceptors (Lipinski definition) is 3. The van der Waals surface area contributed by atoms with E-state index in [0.717, 1.165) is 10.4 Å². The van der Waals surface area contributed by atoms with Crippen molar-refractivity contribution in [2.45, 2.75) is 13.8 Å². The van der Waals surface area contributed by atoms with Gasteiger partial charge in [-0.3, -0.25) is 4.79 Å². The molecule has 0 saturated heterocycles. The molecule has 0 aliphatic heterocycles. The van der Waals surface area contributed by atoms with Gasteiger partial charge < -0.3 is 10.4 Å². The van der Waals surface area contributed by atoms with Crippen LogP contribution in [0, 0.1) is 13.8 Å². The van der Waals surface area contributed by atoms with Gasteiger partial charge in [-0.25, -0.2) is 0 Å². The monoisotopic (exact) mass is 281 g/mol. The highest BCUT2D eigenvalue weighted by molar-refractivity contribution is 7.14. The van der Waals surface area contributed by atoms with Gasteiger partial charge >= 0.3 is 0 Å². The molecule has 1 amide bonds. The summed E-state index contributed by atoms with van der Waals surface area (Å²) in [5.41, 5.74) is 1.40. The van der Waals surface area contributed by atoms with Crippen molar-refractivity contribution in [1.82, 2.24) is 0 Å². The van der Waals surface area contributed by atoms with E-state index in [4.69, 9.17) is 11.6 Å². The molecule has 1 aromatic carbocycles. The predicted octanol–water partition coefficient (Wildman–Crippen LogP) is 3.98. The number of thiophene rings is 1. The average Bonchev–Trinajstić information content (AvgIpc) is 2.64. The zero-order valence-corrected chi connectivity index (χ0v) is 11.5. The highest BCUT2D eigenvalue weighted by Gasteiger charge is 2.12. The summed E-state index contributed by atoms with van der Waals surface area (Å²) in [7, 11) is 0. The molecule has 0 spiro atoms. The molecule has 1 heterocycles. The Kier molecular flexibility index (Phi) is 3.59. The van der Waals surface area contributed by atoms with Crippen molar-refractivity contribution in [1.29, 1.82) is 0 Å². The summed E-state index contributed by atoms with van der Waals surface area (Å²) in [5, 5.41) is 12.7. The Morgan fingerprint density at radius 1 is 1.33 bits per heavy atom. The lowest BCUT2D eigenvalue weighted by Crippen LogP contribution is -2.10. The maximum absolute atomic E-state index is 12.0. The first kappa shape index (κ1) is 12.9. The number of phenols is 1. The van der Waals surface area contributed by atoms with Crippen LogP contribution < -0.4 is 5.32 Å². The maximum Gasteiger partial charge on any atom is 0.265 e. The Morgan fingerprint density at radius 3 is 2.67 bits per heavy atom. The van der Waals surface area contributed by atoms with E-state index in [0.29, 0.717) is 15.6 Å². The highest BCUT2D eigenvalue weighted by atomic mass is 35.5. The van der Waals surface area contributed by atoms with Gasteiger partial charge in [0.05, 0.1) is 10.6 Å². The molecule has 0 fully saturated rings. The predicted molar refractivity (Wildman–Crippen MR) is 74.9 cm³/mol. The van der Waals surface area contributed by atoms with E-state index < -0.39 is 0 Å². The number of carbonyl (C=O) groups excluding carboxylic acids is 1. The standard InChI is InChI=1S/C13H12ClNO2S/c1-7-5-12(18-8(7)2)13(17)15-10-6-9(14)3-4-11(10)16/h3-6,16H,1-2H3,(H,15,17). The van der Waals surface area contributed by atoms with Gasteiger partial charge in [0.25, 0.3) is 5.91 Å². The van der Waals surface area contributed by atoms with Crippen molar-refractivity contribution in [2.75, 3.05) is 5.32 Å². The first-order valence-electron chi connectivity index (χ1n) is 5.34. The summed E-state index contributed by atoms with van der Waals surface area (Å²) >= 11 is 7.24. The number of amides is 1. The van der Waals surface area contributed by atoms with Gasteiger partial charge in [0.15, 0.2) is 0 Å². The fourth-order valence-electron chi connectivity index (χ4n) is 1.48. The molecule has 2 aromatic rings. The zero-order valence-electron chi connectivity index (χ0n) is 9.95. The first-order chi connectivity index (χ1) is 8.47. The number of aryl methyl sites for hydroxylation is 2. The fourth-order valence-corrected chi connectivity index (χ4v) is 2.58. The summed E-state index contributed by atoms with van der Waals surface area (Å²) in [6.07, 6.45) is 0. The Bertz CT molecular complexity index is 588. The van der Waals surface area contributed by atoms with Crippen LogP contribution in [0.4, 0.5) is 5.69 Å². The average molecular weight is 282 g/mol. The van der Waals surface area contributed by atoms with Gasteiger partial charge in [0.1, 0.15) is 5.75 Å². The Hall–Kier alpha value is -1.52. The molecule has 1 aromatic heterocycles. The molecule has 0 aliphatic carbocycles. The van der Waals surface area contributed by atoms with Gasteiger partial charge in [-0.15, -0.1) is 11.3 Å². The lowest BCUT2D eigenvalue weighted by atomic mass is 10.2. The van der Waals surface area contributed by atoms with E-state index in [1.807, 2.05) is 19.9 Å². The summed E-state index contributed by atoms with van der Waals surface area (Å²) < 4.78 is 0. The number of nitrogens with one attached hydrogen (secondary N) is 1. The molecular weight excluding hydrogens is 270 g/mol. The lowest BCUT2D eigenvalue weighted by molar-refractivity contribution is 0.103. The van der Waals surface area contributed by atoms with Crippen LogP contribution in [0.25, 0.3) is 0 Å². The van der Waals surface area contributed by atoms with Crippen molar-refractivity contribution in [3.05, 3.63) is 44.6 Å². The van der Waals surface area contributed by atoms with E-state index in [1.165, 1.54) is 23.5 Å². The molecule has 3 nitrogen and oxygen atoms in total. The quantitative estimate of drug-likeness (QED) is 0.818. The minimum absolute atomic E-state index is 0.00208. The van der Waals surface area contributed by atoms with Gasteiger partial charge in [0, 0.05) is 9.90 Å². The zero-order chi connectivity index (χ0) is 13.3. The second kappa shape index (κ2) is 5.00. The molecule has 0 atom stereocenters. The molecule has 0 aliphatic rings. The SMILES string of the molecule is Cc1cc(C(=O)Nc2cc(Cl)ccc2O)sc1C. The van der Waals surface area contributed by atoms with Gasteiger partial charge in [0.2, 0.25) is 0 Å². The van der Waals surface area contributed by atoms with Crippen molar-refractivity contribution in [3.63, 3.8) is 0 Å². The van der Waals surface area contributed by atoms with Gasteiger partial charge in [-0.05, 0) is 43.7 Å². The Balaban J connectivity index is 2.23. The van der Waals surface area contributed by atoms with Crippen LogP contribution in [0.2, 0.25) is 5.02 Å². The topological polar surface area (TPSA) is 49.3 Å². The number of carbonyl (C=O) groups is 1. The normalized spacial score (nSPS) is 10.4. The largest absolute Gasteiger partial charge is 0.506 e. The van der Waals surface area contributed by atoms with E-state index in [9.17, 15) is 9.90 Å². The minimum Gasteiger partial charge on any atom is -0.506 e. The number of rotatable bonds is 2. The third-order valence-electron chi connectivity index (χ3n) is 2.60. The van der Waals surface area contributed by atoms with Crippen LogP contribution >= 0.6 is 22.9 Å². The second-order valence-electron chi connectivity index (χ2n) is 3.97. The van der Waals surface area contributed by atoms with Crippen LogP contribution in [0.5, 0.6) is 5.75 Å². The van der Waals surface area contributed by atoms with Gasteiger partial charge in [-0.2, -0.15) is 0 Å². The molecule has 2 rings (SSSR count). The van der Waals surface area contributed by atoms with E-state index >= 15 is 0 Å². The molecule has 0 saturated carbocycles. The Labute approximate surface area is 114 Å². The molecule has 0 unspecified atom stereocenters. The van der Waals surface area contributed by atoms with E-state index in [-0.39, 0.29) is 11.7 Å². The molecule has 0 bridgehead atoms. The van der Waals surface area contributed by atoms with Crippen molar-refractivity contribution < 1.29 is 9.90 Å². The fraction of sp³-hybridized carbons (Fsp3) is 0.154. The summed E-state index contributed by atoms with van der Waals surface area (Å²) in [6.45, 7) is 3.92.